The van der Waals surface area contributed by atoms with Crippen molar-refractivity contribution in [1.29, 1.82) is 0 Å². The number of carbonyl (C=O) groups excluding carboxylic acids is 1. The largest absolute Gasteiger partial charge is 0.480 e. The first-order valence-electron chi connectivity index (χ1n) is 6.93. The van der Waals surface area contributed by atoms with E-state index < -0.39 is 18.0 Å². The Hall–Kier alpha value is -1.18. The minimum absolute atomic E-state index is 0.123. The van der Waals surface area contributed by atoms with Crippen molar-refractivity contribution in [1.82, 2.24) is 5.32 Å². The SMILES string of the molecule is CC1(C)CC(OC(=O)CC(N)C(=O)O)CC(C)(C)N1.CO. The van der Waals surface area contributed by atoms with Crippen LogP contribution in [0.4, 0.5) is 0 Å². The minimum Gasteiger partial charge on any atom is -0.480 e. The lowest BCUT2D eigenvalue weighted by Crippen LogP contribution is -2.59. The molecule has 0 amide bonds. The van der Waals surface area contributed by atoms with E-state index in [1.807, 2.05) is 0 Å². The van der Waals surface area contributed by atoms with Crippen molar-refractivity contribution >= 4 is 11.9 Å². The van der Waals surface area contributed by atoms with Gasteiger partial charge in [0.1, 0.15) is 12.1 Å². The second-order valence-electron chi connectivity index (χ2n) is 6.56. The Morgan fingerprint density at radius 2 is 1.67 bits per heavy atom. The Bertz CT molecular complexity index is 352. The lowest BCUT2D eigenvalue weighted by Gasteiger charge is -2.45. The van der Waals surface area contributed by atoms with Gasteiger partial charge in [0.25, 0.3) is 0 Å². The molecule has 0 spiro atoms. The second-order valence-corrected chi connectivity index (χ2v) is 6.56. The van der Waals surface area contributed by atoms with Crippen LogP contribution in [0.2, 0.25) is 0 Å². The van der Waals surface area contributed by atoms with E-state index >= 15 is 0 Å². The number of esters is 1. The van der Waals surface area contributed by atoms with Crippen LogP contribution in [0.25, 0.3) is 0 Å². The normalized spacial score (nSPS) is 21.7. The summed E-state index contributed by atoms with van der Waals surface area (Å²) in [6, 6.07) is -1.20. The molecule has 1 fully saturated rings. The van der Waals surface area contributed by atoms with Gasteiger partial charge in [0, 0.05) is 31.0 Å². The van der Waals surface area contributed by atoms with E-state index in [1.165, 1.54) is 0 Å². The molecule has 1 unspecified atom stereocenters. The smallest absolute Gasteiger partial charge is 0.321 e. The van der Waals surface area contributed by atoms with Crippen molar-refractivity contribution in [2.45, 2.75) is 70.2 Å². The van der Waals surface area contributed by atoms with Gasteiger partial charge in [0.2, 0.25) is 0 Å². The van der Waals surface area contributed by atoms with Gasteiger partial charge in [-0.2, -0.15) is 0 Å². The number of aliphatic hydroxyl groups excluding tert-OH is 1. The molecule has 1 atom stereocenters. The number of ether oxygens (including phenoxy) is 1. The standard InChI is InChI=1S/C13H24N2O4.CH4O/c1-12(2)6-8(7-13(3,4)15-12)19-10(16)5-9(14)11(17)18;1-2/h8-9,15H,5-7,14H2,1-4H3,(H,17,18);2H,1H3. The van der Waals surface area contributed by atoms with E-state index in [4.69, 9.17) is 20.7 Å². The zero-order valence-electron chi connectivity index (χ0n) is 13.5. The molecular formula is C14H28N2O5. The number of carboxylic acid groups (broad SMARTS) is 1. The van der Waals surface area contributed by atoms with Crippen LogP contribution in [0.1, 0.15) is 47.0 Å². The van der Waals surface area contributed by atoms with Gasteiger partial charge < -0.3 is 26.0 Å². The summed E-state index contributed by atoms with van der Waals surface area (Å²) in [6.07, 6.45) is 0.898. The molecule has 0 radical (unpaired) electrons. The molecule has 124 valence electrons. The van der Waals surface area contributed by atoms with E-state index in [2.05, 4.69) is 33.0 Å². The molecule has 7 heteroatoms. The lowest BCUT2D eigenvalue weighted by molar-refractivity contribution is -0.156. The average Bonchev–Trinajstić information content (AvgIpc) is 2.26. The van der Waals surface area contributed by atoms with Crippen LogP contribution < -0.4 is 11.1 Å². The highest BCUT2D eigenvalue weighted by molar-refractivity contribution is 5.81. The first-order chi connectivity index (χ1) is 9.51. The first-order valence-corrected chi connectivity index (χ1v) is 6.93. The molecular weight excluding hydrogens is 276 g/mol. The topological polar surface area (TPSA) is 122 Å². The number of hydrogen-bond donors (Lipinski definition) is 4. The van der Waals surface area contributed by atoms with Crippen molar-refractivity contribution < 1.29 is 24.5 Å². The van der Waals surface area contributed by atoms with Crippen molar-refractivity contribution in [3.63, 3.8) is 0 Å². The Balaban J connectivity index is 0.00000191. The first kappa shape index (κ1) is 19.8. The number of carbonyl (C=O) groups is 2. The maximum Gasteiger partial charge on any atom is 0.321 e. The molecule has 1 aliphatic rings. The number of carboxylic acids is 1. The van der Waals surface area contributed by atoms with E-state index in [-0.39, 0.29) is 23.6 Å². The Morgan fingerprint density at radius 3 is 2.05 bits per heavy atom. The van der Waals surface area contributed by atoms with E-state index in [9.17, 15) is 9.59 Å². The Kier molecular flexibility index (Phi) is 7.29. The summed E-state index contributed by atoms with van der Waals surface area (Å²) in [5, 5.41) is 19.1. The van der Waals surface area contributed by atoms with E-state index in [0.717, 1.165) is 7.11 Å². The summed E-state index contributed by atoms with van der Waals surface area (Å²) < 4.78 is 5.36. The summed E-state index contributed by atoms with van der Waals surface area (Å²) in [7, 11) is 1.00. The molecule has 1 aliphatic heterocycles. The highest BCUT2D eigenvalue weighted by Gasteiger charge is 2.39. The molecule has 7 nitrogen and oxygen atoms in total. The van der Waals surface area contributed by atoms with Crippen LogP contribution in [0, 0.1) is 0 Å². The molecule has 0 bridgehead atoms. The van der Waals surface area contributed by atoms with E-state index in [0.29, 0.717) is 12.8 Å². The third-order valence-electron chi connectivity index (χ3n) is 3.15. The lowest BCUT2D eigenvalue weighted by atomic mass is 9.81. The molecule has 1 saturated heterocycles. The van der Waals surface area contributed by atoms with Gasteiger partial charge in [-0.05, 0) is 27.7 Å². The molecule has 0 aromatic rings. The molecule has 0 saturated carbocycles. The van der Waals surface area contributed by atoms with Gasteiger partial charge >= 0.3 is 11.9 Å². The summed E-state index contributed by atoms with van der Waals surface area (Å²) in [5.41, 5.74) is 5.07. The summed E-state index contributed by atoms with van der Waals surface area (Å²) in [4.78, 5) is 22.3. The molecule has 0 aromatic heterocycles. The van der Waals surface area contributed by atoms with Crippen molar-refractivity contribution in [3.8, 4) is 0 Å². The van der Waals surface area contributed by atoms with Gasteiger partial charge in [-0.25, -0.2) is 0 Å². The quantitative estimate of drug-likeness (QED) is 0.549. The molecule has 1 rings (SSSR count). The molecule has 5 N–H and O–H groups in total. The predicted molar refractivity (Wildman–Crippen MR) is 78.8 cm³/mol. The van der Waals surface area contributed by atoms with Crippen LogP contribution in [0.3, 0.4) is 0 Å². The molecule has 0 aromatic carbocycles. The second kappa shape index (κ2) is 7.72. The van der Waals surface area contributed by atoms with Crippen molar-refractivity contribution in [2.75, 3.05) is 7.11 Å². The summed E-state index contributed by atoms with van der Waals surface area (Å²) >= 11 is 0. The van der Waals surface area contributed by atoms with Crippen LogP contribution in [-0.4, -0.2) is 52.5 Å². The van der Waals surface area contributed by atoms with Crippen LogP contribution in [-0.2, 0) is 14.3 Å². The van der Waals surface area contributed by atoms with E-state index in [1.54, 1.807) is 0 Å². The average molecular weight is 304 g/mol. The zero-order chi connectivity index (χ0) is 16.8. The maximum absolute atomic E-state index is 11.7. The number of aliphatic hydroxyl groups is 1. The third-order valence-corrected chi connectivity index (χ3v) is 3.15. The predicted octanol–water partition coefficient (Wildman–Crippen LogP) is 0.249. The Labute approximate surface area is 125 Å². The van der Waals surface area contributed by atoms with Crippen LogP contribution in [0.15, 0.2) is 0 Å². The highest BCUT2D eigenvalue weighted by atomic mass is 16.5. The van der Waals surface area contributed by atoms with Gasteiger partial charge in [-0.3, -0.25) is 9.59 Å². The van der Waals surface area contributed by atoms with Gasteiger partial charge in [0.05, 0.1) is 6.42 Å². The fraction of sp³-hybridized carbons (Fsp3) is 0.857. The van der Waals surface area contributed by atoms with Gasteiger partial charge in [0.15, 0.2) is 0 Å². The minimum atomic E-state index is -1.20. The molecule has 1 heterocycles. The van der Waals surface area contributed by atoms with Gasteiger partial charge in [-0.15, -0.1) is 0 Å². The van der Waals surface area contributed by atoms with Crippen molar-refractivity contribution in [3.05, 3.63) is 0 Å². The van der Waals surface area contributed by atoms with Crippen molar-refractivity contribution in [2.24, 2.45) is 5.73 Å². The number of aliphatic carboxylic acids is 1. The summed E-state index contributed by atoms with van der Waals surface area (Å²) in [5.74, 6) is -1.74. The third kappa shape index (κ3) is 7.40. The monoisotopic (exact) mass is 304 g/mol. The molecule has 0 aliphatic carbocycles. The number of nitrogens with one attached hydrogen (secondary N) is 1. The van der Waals surface area contributed by atoms with Crippen LogP contribution >= 0.6 is 0 Å². The number of piperidine rings is 1. The molecule has 21 heavy (non-hydrogen) atoms. The summed E-state index contributed by atoms with van der Waals surface area (Å²) in [6.45, 7) is 8.21. The number of hydrogen-bond acceptors (Lipinski definition) is 6. The fourth-order valence-corrected chi connectivity index (χ4v) is 2.81. The number of rotatable bonds is 4. The highest BCUT2D eigenvalue weighted by Crippen LogP contribution is 2.30. The zero-order valence-corrected chi connectivity index (χ0v) is 13.5. The van der Waals surface area contributed by atoms with Crippen LogP contribution in [0.5, 0.6) is 0 Å². The number of nitrogens with two attached hydrogens (primary N) is 1. The fourth-order valence-electron chi connectivity index (χ4n) is 2.81. The Morgan fingerprint density at radius 1 is 1.24 bits per heavy atom. The maximum atomic E-state index is 11.7. The van der Waals surface area contributed by atoms with Gasteiger partial charge in [-0.1, -0.05) is 0 Å².